The zero-order chi connectivity index (χ0) is 26.8. The van der Waals surface area contributed by atoms with Crippen LogP contribution in [-0.2, 0) is 6.42 Å². The zero-order valence-corrected chi connectivity index (χ0v) is 22.6. The van der Waals surface area contributed by atoms with Gasteiger partial charge in [-0.3, -0.25) is 9.78 Å². The number of aromatic nitrogens is 5. The monoisotopic (exact) mass is 535 g/mol. The van der Waals surface area contributed by atoms with Gasteiger partial charge in [0.05, 0.1) is 17.7 Å². The van der Waals surface area contributed by atoms with Crippen molar-refractivity contribution in [1.29, 1.82) is 0 Å². The minimum Gasteiger partial charge on any atom is -0.419 e. The molecule has 1 aliphatic rings. The highest BCUT2D eigenvalue weighted by Gasteiger charge is 2.33. The summed E-state index contributed by atoms with van der Waals surface area (Å²) < 4.78 is 6.08. The van der Waals surface area contributed by atoms with Crippen LogP contribution in [0.3, 0.4) is 0 Å². The van der Waals surface area contributed by atoms with E-state index in [4.69, 9.17) is 9.40 Å². The summed E-state index contributed by atoms with van der Waals surface area (Å²) in [7, 11) is 0. The molecule has 6 rings (SSSR count). The Bertz CT molecular complexity index is 1580. The molecule has 0 spiro atoms. The molecule has 1 saturated heterocycles. The second kappa shape index (κ2) is 10.9. The number of aryl methyl sites for hydroxylation is 1. The van der Waals surface area contributed by atoms with Gasteiger partial charge in [0.25, 0.3) is 11.8 Å². The average Bonchev–Trinajstić information content (AvgIpc) is 3.74. The molecule has 1 atom stereocenters. The first-order chi connectivity index (χ1) is 19.0. The highest BCUT2D eigenvalue weighted by molar-refractivity contribution is 7.09. The van der Waals surface area contributed by atoms with Crippen LogP contribution in [0.25, 0.3) is 22.8 Å². The summed E-state index contributed by atoms with van der Waals surface area (Å²) in [5, 5.41) is 11.6. The molecular weight excluding hydrogens is 508 g/mol. The predicted octanol–water partition coefficient (Wildman–Crippen LogP) is 6.12. The number of rotatable bonds is 7. The van der Waals surface area contributed by atoms with E-state index in [1.807, 2.05) is 60.5 Å². The van der Waals surface area contributed by atoms with Gasteiger partial charge in [-0.25, -0.2) is 9.97 Å². The molecule has 9 heteroatoms. The maximum absolute atomic E-state index is 13.9. The van der Waals surface area contributed by atoms with Crippen molar-refractivity contribution >= 4 is 17.2 Å². The fourth-order valence-electron chi connectivity index (χ4n) is 4.87. The van der Waals surface area contributed by atoms with Crippen LogP contribution in [0.15, 0.2) is 76.8 Å². The number of amides is 1. The SMILES string of the molecule is C[C](Cc1ccccc1)c1nnc(-c2cc(C(=O)N3CCC[C@@H]3c3nc(C)cs3)cc(-c3ccncc3)n2)o1. The summed E-state index contributed by atoms with van der Waals surface area (Å²) in [5.41, 5.74) is 4.62. The normalized spacial score (nSPS) is 15.3. The van der Waals surface area contributed by atoms with Crippen LogP contribution in [0, 0.1) is 12.8 Å². The number of hydrogen-bond donors (Lipinski definition) is 0. The fourth-order valence-corrected chi connectivity index (χ4v) is 5.81. The molecule has 1 aliphatic heterocycles. The number of pyridine rings is 2. The Kier molecular flexibility index (Phi) is 6.98. The van der Waals surface area contributed by atoms with Gasteiger partial charge in [-0.05, 0) is 62.9 Å². The minimum absolute atomic E-state index is 0.0255. The number of nitrogens with zero attached hydrogens (tertiary/aromatic N) is 6. The minimum atomic E-state index is -0.0594. The largest absolute Gasteiger partial charge is 0.419 e. The zero-order valence-electron chi connectivity index (χ0n) is 21.7. The molecular formula is C30H27N6O2S. The van der Waals surface area contributed by atoms with Crippen molar-refractivity contribution in [2.75, 3.05) is 6.54 Å². The quantitative estimate of drug-likeness (QED) is 0.248. The highest BCUT2D eigenvalue weighted by Crippen LogP contribution is 2.36. The molecule has 8 nitrogen and oxygen atoms in total. The first-order valence-corrected chi connectivity index (χ1v) is 13.8. The Balaban J connectivity index is 1.34. The maximum Gasteiger partial charge on any atom is 0.266 e. The van der Waals surface area contributed by atoms with Gasteiger partial charge in [-0.1, -0.05) is 30.3 Å². The van der Waals surface area contributed by atoms with Gasteiger partial charge in [0.15, 0.2) is 0 Å². The van der Waals surface area contributed by atoms with Crippen LogP contribution in [0.4, 0.5) is 0 Å². The van der Waals surface area contributed by atoms with Crippen molar-refractivity contribution in [3.63, 3.8) is 0 Å². The van der Waals surface area contributed by atoms with Gasteiger partial charge in [0.2, 0.25) is 5.89 Å². The van der Waals surface area contributed by atoms with Crippen molar-refractivity contribution in [2.45, 2.75) is 39.2 Å². The molecule has 1 aromatic carbocycles. The van der Waals surface area contributed by atoms with Gasteiger partial charge < -0.3 is 9.32 Å². The maximum atomic E-state index is 13.9. The Morgan fingerprint density at radius 2 is 1.85 bits per heavy atom. The number of likely N-dealkylation sites (tertiary alicyclic amines) is 1. The molecule has 39 heavy (non-hydrogen) atoms. The third-order valence-corrected chi connectivity index (χ3v) is 7.87. The van der Waals surface area contributed by atoms with Gasteiger partial charge in [0, 0.05) is 41.1 Å². The standard InChI is InChI=1S/C30H27N6O2S/c1-19(15-21-7-4-3-5-8-21)27-34-35-28(38-27)25-17-23(16-24(33-25)22-10-12-31-13-11-22)30(37)36-14-6-9-26(36)29-32-20(2)18-39-29/h3-5,7-8,10-13,16-18,26H,6,9,14-15H2,1-2H3/t26-/m1/s1. The molecule has 0 N–H and O–H groups in total. The fraction of sp³-hybridized carbons (Fsp3) is 0.233. The lowest BCUT2D eigenvalue weighted by molar-refractivity contribution is 0.0735. The van der Waals surface area contributed by atoms with Crippen molar-refractivity contribution in [1.82, 2.24) is 30.0 Å². The Labute approximate surface area is 230 Å². The van der Waals surface area contributed by atoms with Crippen LogP contribution in [0.5, 0.6) is 0 Å². The van der Waals surface area contributed by atoms with Crippen molar-refractivity contribution in [3.8, 4) is 22.8 Å². The van der Waals surface area contributed by atoms with E-state index in [0.29, 0.717) is 35.8 Å². The Morgan fingerprint density at radius 1 is 1.05 bits per heavy atom. The highest BCUT2D eigenvalue weighted by atomic mass is 32.1. The van der Waals surface area contributed by atoms with E-state index in [9.17, 15) is 4.79 Å². The molecule has 1 amide bonds. The van der Waals surface area contributed by atoms with Gasteiger partial charge in [0.1, 0.15) is 10.7 Å². The topological polar surface area (TPSA) is 97.9 Å². The van der Waals surface area contributed by atoms with E-state index in [2.05, 4.69) is 32.3 Å². The second-order valence-corrected chi connectivity index (χ2v) is 10.6. The summed E-state index contributed by atoms with van der Waals surface area (Å²) in [5.74, 6) is 1.63. The Morgan fingerprint density at radius 3 is 2.62 bits per heavy atom. The average molecular weight is 536 g/mol. The lowest BCUT2D eigenvalue weighted by Gasteiger charge is -2.23. The van der Waals surface area contributed by atoms with Crippen LogP contribution >= 0.6 is 11.3 Å². The Hall–Kier alpha value is -4.24. The molecule has 1 fully saturated rings. The number of benzene rings is 1. The first-order valence-electron chi connectivity index (χ1n) is 12.9. The summed E-state index contributed by atoms with van der Waals surface area (Å²) in [6.45, 7) is 4.64. The van der Waals surface area contributed by atoms with E-state index >= 15 is 0 Å². The van der Waals surface area contributed by atoms with Gasteiger partial charge in [-0.15, -0.1) is 21.5 Å². The summed E-state index contributed by atoms with van der Waals surface area (Å²) in [6.07, 6.45) is 5.95. The number of carbonyl (C=O) groups is 1. The summed E-state index contributed by atoms with van der Waals surface area (Å²) in [4.78, 5) is 29.4. The van der Waals surface area contributed by atoms with Crippen molar-refractivity contribution < 1.29 is 9.21 Å². The number of carbonyl (C=O) groups excluding carboxylic acids is 1. The number of hydrogen-bond acceptors (Lipinski definition) is 8. The van der Waals surface area contributed by atoms with Gasteiger partial charge >= 0.3 is 0 Å². The van der Waals surface area contributed by atoms with E-state index < -0.39 is 0 Å². The van der Waals surface area contributed by atoms with Crippen LogP contribution in [-0.4, -0.2) is 42.5 Å². The first kappa shape index (κ1) is 25.1. The lowest BCUT2D eigenvalue weighted by atomic mass is 10.0. The molecule has 0 bridgehead atoms. The summed E-state index contributed by atoms with van der Waals surface area (Å²) in [6, 6.07) is 17.4. The summed E-state index contributed by atoms with van der Waals surface area (Å²) >= 11 is 1.61. The smallest absolute Gasteiger partial charge is 0.266 e. The molecule has 4 aromatic heterocycles. The van der Waals surface area contributed by atoms with E-state index in [1.54, 1.807) is 29.8 Å². The molecule has 195 valence electrons. The lowest BCUT2D eigenvalue weighted by Crippen LogP contribution is -2.30. The van der Waals surface area contributed by atoms with E-state index in [-0.39, 0.29) is 17.8 Å². The third-order valence-electron chi connectivity index (χ3n) is 6.81. The number of thiazole rings is 1. The van der Waals surface area contributed by atoms with E-state index in [1.165, 1.54) is 0 Å². The second-order valence-electron chi connectivity index (χ2n) is 9.70. The molecule has 0 saturated carbocycles. The third kappa shape index (κ3) is 5.35. The molecule has 0 unspecified atom stereocenters. The van der Waals surface area contributed by atoms with Crippen molar-refractivity contribution in [2.24, 2.45) is 0 Å². The molecule has 5 aromatic rings. The molecule has 5 heterocycles. The van der Waals surface area contributed by atoms with Crippen LogP contribution in [0.2, 0.25) is 0 Å². The van der Waals surface area contributed by atoms with Crippen molar-refractivity contribution in [3.05, 3.63) is 106 Å². The van der Waals surface area contributed by atoms with Crippen LogP contribution < -0.4 is 0 Å². The van der Waals surface area contributed by atoms with E-state index in [0.717, 1.165) is 40.6 Å². The van der Waals surface area contributed by atoms with Crippen LogP contribution in [0.1, 0.15) is 58.3 Å². The molecule has 1 radical (unpaired) electrons. The predicted molar refractivity (Wildman–Crippen MR) is 149 cm³/mol. The molecule has 0 aliphatic carbocycles. The van der Waals surface area contributed by atoms with Gasteiger partial charge in [-0.2, -0.15) is 0 Å².